The average molecular weight is 486 g/mol. The Bertz CT molecular complexity index is 1180. The van der Waals surface area contributed by atoms with E-state index in [-0.39, 0.29) is 6.03 Å². The van der Waals surface area contributed by atoms with Gasteiger partial charge in [0.15, 0.2) is 5.82 Å². The predicted molar refractivity (Wildman–Crippen MR) is 149 cm³/mol. The van der Waals surface area contributed by atoms with E-state index >= 15 is 0 Å². The van der Waals surface area contributed by atoms with E-state index in [1.807, 2.05) is 35.2 Å². The van der Waals surface area contributed by atoms with Crippen molar-refractivity contribution in [1.82, 2.24) is 14.9 Å². The van der Waals surface area contributed by atoms with E-state index in [0.29, 0.717) is 31.3 Å². The van der Waals surface area contributed by atoms with Crippen LogP contribution in [0.4, 0.5) is 16.3 Å². The predicted octanol–water partition coefficient (Wildman–Crippen LogP) is 6.83. The van der Waals surface area contributed by atoms with Crippen molar-refractivity contribution in [2.75, 3.05) is 30.4 Å². The van der Waals surface area contributed by atoms with Crippen molar-refractivity contribution in [2.45, 2.75) is 65.8 Å². The first-order valence-corrected chi connectivity index (χ1v) is 13.1. The zero-order chi connectivity index (χ0) is 25.8. The smallest absolute Gasteiger partial charge is 0.322 e. The van der Waals surface area contributed by atoms with Crippen molar-refractivity contribution in [2.24, 2.45) is 0 Å². The largest absolute Gasteiger partial charge is 0.359 e. The van der Waals surface area contributed by atoms with E-state index in [4.69, 9.17) is 9.97 Å². The maximum Gasteiger partial charge on any atom is 0.322 e. The Kier molecular flexibility index (Phi) is 7.92. The maximum absolute atomic E-state index is 13.6. The van der Waals surface area contributed by atoms with Gasteiger partial charge in [0.05, 0.1) is 12.2 Å². The van der Waals surface area contributed by atoms with Gasteiger partial charge in [-0.15, -0.1) is 0 Å². The summed E-state index contributed by atoms with van der Waals surface area (Å²) in [6, 6.07) is 16.4. The van der Waals surface area contributed by atoms with Gasteiger partial charge >= 0.3 is 6.03 Å². The fourth-order valence-corrected chi connectivity index (χ4v) is 4.92. The Morgan fingerprint density at radius 1 is 1.00 bits per heavy atom. The van der Waals surface area contributed by atoms with E-state index in [1.165, 1.54) is 11.1 Å². The van der Waals surface area contributed by atoms with Crippen LogP contribution in [0, 0.1) is 0 Å². The Labute approximate surface area is 215 Å². The van der Waals surface area contributed by atoms with Gasteiger partial charge in [-0.25, -0.2) is 14.8 Å². The molecule has 1 aromatic heterocycles. The molecule has 2 heterocycles. The van der Waals surface area contributed by atoms with Gasteiger partial charge in [-0.05, 0) is 29.4 Å². The molecular formula is C30H39N5O. The third kappa shape index (κ3) is 5.38. The van der Waals surface area contributed by atoms with Crippen molar-refractivity contribution < 1.29 is 4.79 Å². The molecule has 0 bridgehead atoms. The zero-order valence-electron chi connectivity index (χ0n) is 22.5. The number of urea groups is 1. The standard InChI is InChI=1S/C30H39N5O/c1-7-17-34(6)29-25-19-35(18-16-26(25)31-28(33-29)22-12-9-8-10-13-22)30(36)32-27-23(20(2)3)14-11-15-24(27)21(4)5/h8-15,20-21H,7,16-19H2,1-6H3,(H,32,36). The number of anilines is 2. The number of para-hydroxylation sites is 1. The monoisotopic (exact) mass is 485 g/mol. The molecule has 3 aromatic rings. The van der Waals surface area contributed by atoms with Gasteiger partial charge in [0, 0.05) is 43.4 Å². The van der Waals surface area contributed by atoms with Crippen LogP contribution in [0.2, 0.25) is 0 Å². The summed E-state index contributed by atoms with van der Waals surface area (Å²) in [4.78, 5) is 27.6. The number of rotatable bonds is 7. The molecule has 0 fully saturated rings. The lowest BCUT2D eigenvalue weighted by Crippen LogP contribution is -2.40. The fraction of sp³-hybridized carbons (Fsp3) is 0.433. The molecule has 1 aliphatic heterocycles. The lowest BCUT2D eigenvalue weighted by molar-refractivity contribution is 0.206. The molecule has 0 saturated carbocycles. The van der Waals surface area contributed by atoms with E-state index in [0.717, 1.165) is 47.1 Å². The normalized spacial score (nSPS) is 13.2. The van der Waals surface area contributed by atoms with Crippen LogP contribution in [-0.4, -0.2) is 41.0 Å². The van der Waals surface area contributed by atoms with Crippen molar-refractivity contribution >= 4 is 17.5 Å². The molecule has 190 valence electrons. The van der Waals surface area contributed by atoms with Gasteiger partial charge in [0.2, 0.25) is 0 Å². The average Bonchev–Trinajstić information content (AvgIpc) is 2.88. The van der Waals surface area contributed by atoms with Crippen LogP contribution in [0.3, 0.4) is 0 Å². The molecule has 1 N–H and O–H groups in total. The first kappa shape index (κ1) is 25.7. The lowest BCUT2D eigenvalue weighted by atomic mass is 9.92. The molecule has 4 rings (SSSR count). The van der Waals surface area contributed by atoms with Crippen LogP contribution < -0.4 is 10.2 Å². The van der Waals surface area contributed by atoms with Crippen LogP contribution in [0.15, 0.2) is 48.5 Å². The molecule has 0 radical (unpaired) electrons. The first-order valence-electron chi connectivity index (χ1n) is 13.1. The second kappa shape index (κ2) is 11.1. The molecule has 6 heteroatoms. The Morgan fingerprint density at radius 3 is 2.28 bits per heavy atom. The molecule has 0 atom stereocenters. The summed E-state index contributed by atoms with van der Waals surface area (Å²) < 4.78 is 0. The number of nitrogens with zero attached hydrogens (tertiary/aromatic N) is 4. The summed E-state index contributed by atoms with van der Waals surface area (Å²) in [5.41, 5.74) is 6.40. The molecule has 1 aliphatic rings. The third-order valence-corrected chi connectivity index (χ3v) is 6.88. The molecule has 2 aromatic carbocycles. The first-order chi connectivity index (χ1) is 17.3. The third-order valence-electron chi connectivity index (χ3n) is 6.88. The Hall–Kier alpha value is -3.41. The highest BCUT2D eigenvalue weighted by atomic mass is 16.2. The Morgan fingerprint density at radius 2 is 1.67 bits per heavy atom. The number of carbonyl (C=O) groups excluding carboxylic acids is 1. The summed E-state index contributed by atoms with van der Waals surface area (Å²) in [6.45, 7) is 12.9. The van der Waals surface area contributed by atoms with Crippen molar-refractivity contribution in [1.29, 1.82) is 0 Å². The Balaban J connectivity index is 1.66. The van der Waals surface area contributed by atoms with E-state index in [1.54, 1.807) is 0 Å². The summed E-state index contributed by atoms with van der Waals surface area (Å²) in [5, 5.41) is 3.29. The molecular weight excluding hydrogens is 446 g/mol. The summed E-state index contributed by atoms with van der Waals surface area (Å²) in [6.07, 6.45) is 1.73. The molecule has 36 heavy (non-hydrogen) atoms. The van der Waals surface area contributed by atoms with Crippen molar-refractivity contribution in [3.05, 3.63) is 70.9 Å². The van der Waals surface area contributed by atoms with E-state index < -0.39 is 0 Å². The van der Waals surface area contributed by atoms with Crippen LogP contribution in [0.1, 0.15) is 75.3 Å². The number of fused-ring (bicyclic) bond motifs is 1. The molecule has 6 nitrogen and oxygen atoms in total. The van der Waals surface area contributed by atoms with Crippen molar-refractivity contribution in [3.8, 4) is 11.4 Å². The molecule has 0 spiro atoms. The second-order valence-electron chi connectivity index (χ2n) is 10.3. The highest BCUT2D eigenvalue weighted by Crippen LogP contribution is 2.34. The highest BCUT2D eigenvalue weighted by Gasteiger charge is 2.28. The van der Waals surface area contributed by atoms with Crippen LogP contribution in [0.25, 0.3) is 11.4 Å². The highest BCUT2D eigenvalue weighted by molar-refractivity contribution is 5.91. The molecule has 0 aliphatic carbocycles. The molecule has 0 unspecified atom stereocenters. The lowest BCUT2D eigenvalue weighted by Gasteiger charge is -2.32. The van der Waals surface area contributed by atoms with Crippen LogP contribution >= 0.6 is 0 Å². The van der Waals surface area contributed by atoms with Crippen LogP contribution in [0.5, 0.6) is 0 Å². The molecule has 0 saturated heterocycles. The maximum atomic E-state index is 13.6. The van der Waals surface area contributed by atoms with E-state index in [9.17, 15) is 4.79 Å². The SMILES string of the molecule is CCCN(C)c1nc(-c2ccccc2)nc2c1CN(C(=O)Nc1c(C(C)C)cccc1C(C)C)CC2. The topological polar surface area (TPSA) is 61.4 Å². The summed E-state index contributed by atoms with van der Waals surface area (Å²) in [5.74, 6) is 2.31. The number of hydrogen-bond donors (Lipinski definition) is 1. The summed E-state index contributed by atoms with van der Waals surface area (Å²) >= 11 is 0. The van der Waals surface area contributed by atoms with Crippen LogP contribution in [-0.2, 0) is 13.0 Å². The zero-order valence-corrected chi connectivity index (χ0v) is 22.5. The minimum Gasteiger partial charge on any atom is -0.359 e. The van der Waals surface area contributed by atoms with Gasteiger partial charge in [-0.2, -0.15) is 0 Å². The number of benzene rings is 2. The number of aromatic nitrogens is 2. The van der Waals surface area contributed by atoms with Gasteiger partial charge < -0.3 is 15.1 Å². The number of hydrogen-bond acceptors (Lipinski definition) is 4. The van der Waals surface area contributed by atoms with E-state index in [2.05, 4.69) is 70.1 Å². The minimum absolute atomic E-state index is 0.0631. The van der Waals surface area contributed by atoms with Gasteiger partial charge in [-0.1, -0.05) is 83.1 Å². The summed E-state index contributed by atoms with van der Waals surface area (Å²) in [7, 11) is 2.08. The number of carbonyl (C=O) groups is 1. The number of amides is 2. The molecule has 2 amide bonds. The van der Waals surface area contributed by atoms with Crippen molar-refractivity contribution in [3.63, 3.8) is 0 Å². The number of nitrogens with one attached hydrogen (secondary N) is 1. The minimum atomic E-state index is -0.0631. The van der Waals surface area contributed by atoms with Gasteiger partial charge in [0.1, 0.15) is 5.82 Å². The van der Waals surface area contributed by atoms with Gasteiger partial charge in [-0.3, -0.25) is 0 Å². The fourth-order valence-electron chi connectivity index (χ4n) is 4.92. The second-order valence-corrected chi connectivity index (χ2v) is 10.3. The van der Waals surface area contributed by atoms with Gasteiger partial charge in [0.25, 0.3) is 0 Å². The quantitative estimate of drug-likeness (QED) is 0.399.